The standard InChI is InChI=1S/C23H22F3NO4/c1-13-9-17-18(27(4)20(28)12-22(17,2)3)11-15(13)16-10-14(6-8-21(29)30)5-7-19(16)31-23(24,25)26/h5-11H,12H2,1-4H3,(H,29,30). The van der Waals surface area contributed by atoms with Crippen molar-refractivity contribution in [1.82, 2.24) is 0 Å². The van der Waals surface area contributed by atoms with Crippen LogP contribution in [-0.2, 0) is 15.0 Å². The number of carboxylic acid groups (broad SMARTS) is 1. The lowest BCUT2D eigenvalue weighted by Gasteiger charge is -2.37. The second-order valence-electron chi connectivity index (χ2n) is 8.17. The first-order chi connectivity index (χ1) is 14.3. The average molecular weight is 433 g/mol. The molecule has 164 valence electrons. The quantitative estimate of drug-likeness (QED) is 0.665. The van der Waals surface area contributed by atoms with E-state index in [0.717, 1.165) is 17.7 Å². The Labute approximate surface area is 177 Å². The van der Waals surface area contributed by atoms with Crippen LogP contribution in [0.25, 0.3) is 17.2 Å². The zero-order valence-corrected chi connectivity index (χ0v) is 17.5. The number of aryl methyl sites for hydroxylation is 1. The average Bonchev–Trinajstić information content (AvgIpc) is 2.64. The SMILES string of the molecule is Cc1cc2c(cc1-c1cc(C=CC(=O)O)ccc1OC(F)(F)F)N(C)C(=O)CC2(C)C. The Kier molecular flexibility index (Phi) is 5.60. The number of carbonyl (C=O) groups is 2. The van der Waals surface area contributed by atoms with Crippen LogP contribution < -0.4 is 9.64 Å². The molecule has 1 heterocycles. The van der Waals surface area contributed by atoms with Gasteiger partial charge < -0.3 is 14.7 Å². The lowest BCUT2D eigenvalue weighted by atomic mass is 9.76. The van der Waals surface area contributed by atoms with Gasteiger partial charge in [-0.1, -0.05) is 26.0 Å². The van der Waals surface area contributed by atoms with Gasteiger partial charge in [0, 0.05) is 36.2 Å². The molecule has 1 N–H and O–H groups in total. The van der Waals surface area contributed by atoms with Gasteiger partial charge in [-0.25, -0.2) is 4.79 Å². The number of halogens is 3. The smallest absolute Gasteiger partial charge is 0.478 e. The predicted octanol–water partition coefficient (Wildman–Crippen LogP) is 5.30. The van der Waals surface area contributed by atoms with Gasteiger partial charge in [-0.2, -0.15) is 0 Å². The zero-order chi connectivity index (χ0) is 23.1. The number of amides is 1. The minimum Gasteiger partial charge on any atom is -0.478 e. The van der Waals surface area contributed by atoms with Gasteiger partial charge in [0.1, 0.15) is 5.75 Å². The minimum absolute atomic E-state index is 0.0859. The van der Waals surface area contributed by atoms with Crippen molar-refractivity contribution in [2.75, 3.05) is 11.9 Å². The van der Waals surface area contributed by atoms with E-state index in [0.29, 0.717) is 28.8 Å². The van der Waals surface area contributed by atoms with E-state index in [1.54, 1.807) is 20.0 Å². The molecule has 2 aromatic rings. The molecule has 0 saturated carbocycles. The van der Waals surface area contributed by atoms with Crippen molar-refractivity contribution in [1.29, 1.82) is 0 Å². The monoisotopic (exact) mass is 433 g/mol. The molecule has 0 spiro atoms. The summed E-state index contributed by atoms with van der Waals surface area (Å²) in [6.07, 6.45) is -2.38. The Morgan fingerprint density at radius 3 is 2.48 bits per heavy atom. The zero-order valence-electron chi connectivity index (χ0n) is 17.5. The molecule has 0 aliphatic carbocycles. The van der Waals surface area contributed by atoms with Gasteiger partial charge in [0.15, 0.2) is 0 Å². The van der Waals surface area contributed by atoms with E-state index in [1.807, 2.05) is 19.9 Å². The molecule has 0 aromatic heterocycles. The third-order valence-electron chi connectivity index (χ3n) is 5.34. The number of alkyl halides is 3. The van der Waals surface area contributed by atoms with Crippen molar-refractivity contribution >= 4 is 23.6 Å². The van der Waals surface area contributed by atoms with E-state index in [4.69, 9.17) is 5.11 Å². The van der Waals surface area contributed by atoms with E-state index in [2.05, 4.69) is 4.74 Å². The Hall–Kier alpha value is -3.29. The summed E-state index contributed by atoms with van der Waals surface area (Å²) in [6, 6.07) is 7.50. The van der Waals surface area contributed by atoms with E-state index < -0.39 is 23.5 Å². The van der Waals surface area contributed by atoms with Crippen LogP contribution in [0.4, 0.5) is 18.9 Å². The fourth-order valence-electron chi connectivity index (χ4n) is 3.78. The van der Waals surface area contributed by atoms with Gasteiger partial charge in [-0.05, 0) is 53.5 Å². The van der Waals surface area contributed by atoms with Gasteiger partial charge in [0.2, 0.25) is 5.91 Å². The highest BCUT2D eigenvalue weighted by molar-refractivity contribution is 5.98. The molecule has 8 heteroatoms. The molecule has 0 unspecified atom stereocenters. The Morgan fingerprint density at radius 1 is 1.19 bits per heavy atom. The van der Waals surface area contributed by atoms with Gasteiger partial charge >= 0.3 is 12.3 Å². The summed E-state index contributed by atoms with van der Waals surface area (Å²) < 4.78 is 43.3. The van der Waals surface area contributed by atoms with Crippen LogP contribution in [0.3, 0.4) is 0 Å². The van der Waals surface area contributed by atoms with Crippen molar-refractivity contribution in [2.45, 2.75) is 39.0 Å². The summed E-state index contributed by atoms with van der Waals surface area (Å²) in [5, 5.41) is 8.85. The number of fused-ring (bicyclic) bond motifs is 1. The molecule has 2 aromatic carbocycles. The number of nitrogens with zero attached hydrogens (tertiary/aromatic N) is 1. The molecule has 0 radical (unpaired) electrons. The lowest BCUT2D eigenvalue weighted by molar-refractivity contribution is -0.274. The molecule has 5 nitrogen and oxygen atoms in total. The van der Waals surface area contributed by atoms with Crippen LogP contribution in [0.2, 0.25) is 0 Å². The number of ether oxygens (including phenoxy) is 1. The van der Waals surface area contributed by atoms with Gasteiger partial charge in [0.25, 0.3) is 0 Å². The maximum absolute atomic E-state index is 13.0. The lowest BCUT2D eigenvalue weighted by Crippen LogP contribution is -2.39. The molecule has 3 rings (SSSR count). The number of carbonyl (C=O) groups excluding carboxylic acids is 1. The fraction of sp³-hybridized carbons (Fsp3) is 0.304. The fourth-order valence-corrected chi connectivity index (χ4v) is 3.78. The predicted molar refractivity (Wildman–Crippen MR) is 111 cm³/mol. The molecule has 31 heavy (non-hydrogen) atoms. The number of aliphatic carboxylic acids is 1. The number of anilines is 1. The van der Waals surface area contributed by atoms with E-state index >= 15 is 0 Å². The summed E-state index contributed by atoms with van der Waals surface area (Å²) in [4.78, 5) is 24.8. The van der Waals surface area contributed by atoms with Crippen molar-refractivity contribution in [3.05, 3.63) is 53.1 Å². The number of rotatable bonds is 4. The van der Waals surface area contributed by atoms with Crippen LogP contribution in [0, 0.1) is 6.92 Å². The molecule has 1 amide bonds. The third-order valence-corrected chi connectivity index (χ3v) is 5.34. The molecule has 0 bridgehead atoms. The van der Waals surface area contributed by atoms with Crippen molar-refractivity contribution in [3.63, 3.8) is 0 Å². The van der Waals surface area contributed by atoms with Crippen molar-refractivity contribution < 1.29 is 32.6 Å². The molecule has 1 aliphatic heterocycles. The van der Waals surface area contributed by atoms with E-state index in [-0.39, 0.29) is 11.5 Å². The number of benzene rings is 2. The van der Waals surface area contributed by atoms with Crippen LogP contribution in [-0.4, -0.2) is 30.4 Å². The maximum atomic E-state index is 13.0. The minimum atomic E-state index is -4.90. The summed E-state index contributed by atoms with van der Waals surface area (Å²) in [7, 11) is 1.63. The first kappa shape index (κ1) is 22.4. The highest BCUT2D eigenvalue weighted by Crippen LogP contribution is 2.45. The second-order valence-corrected chi connectivity index (χ2v) is 8.17. The Morgan fingerprint density at radius 2 is 1.87 bits per heavy atom. The van der Waals surface area contributed by atoms with Gasteiger partial charge in [0.05, 0.1) is 0 Å². The molecule has 0 fully saturated rings. The third kappa shape index (κ3) is 4.73. The van der Waals surface area contributed by atoms with Gasteiger partial charge in [-0.3, -0.25) is 4.79 Å². The van der Waals surface area contributed by atoms with Crippen LogP contribution in [0.5, 0.6) is 5.75 Å². The molecule has 0 atom stereocenters. The highest BCUT2D eigenvalue weighted by Gasteiger charge is 2.36. The number of hydrogen-bond donors (Lipinski definition) is 1. The highest BCUT2D eigenvalue weighted by atomic mass is 19.4. The van der Waals surface area contributed by atoms with Gasteiger partial charge in [-0.15, -0.1) is 13.2 Å². The van der Waals surface area contributed by atoms with Crippen LogP contribution >= 0.6 is 0 Å². The summed E-state index contributed by atoms with van der Waals surface area (Å²) in [5.74, 6) is -1.67. The normalized spacial score (nSPS) is 15.8. The Balaban J connectivity index is 2.24. The van der Waals surface area contributed by atoms with Crippen LogP contribution in [0.1, 0.15) is 37.0 Å². The first-order valence-corrected chi connectivity index (χ1v) is 9.51. The van der Waals surface area contributed by atoms with Crippen molar-refractivity contribution in [2.24, 2.45) is 0 Å². The second kappa shape index (κ2) is 7.76. The molecular formula is C23H22F3NO4. The number of hydrogen-bond acceptors (Lipinski definition) is 3. The van der Waals surface area contributed by atoms with E-state index in [1.165, 1.54) is 23.1 Å². The molecule has 1 aliphatic rings. The summed E-state index contributed by atoms with van der Waals surface area (Å²) >= 11 is 0. The molecular weight excluding hydrogens is 411 g/mol. The van der Waals surface area contributed by atoms with E-state index in [9.17, 15) is 22.8 Å². The Bertz CT molecular complexity index is 1090. The first-order valence-electron chi connectivity index (χ1n) is 9.51. The maximum Gasteiger partial charge on any atom is 0.573 e. The van der Waals surface area contributed by atoms with Crippen molar-refractivity contribution in [3.8, 4) is 16.9 Å². The van der Waals surface area contributed by atoms with Crippen LogP contribution in [0.15, 0.2) is 36.4 Å². The largest absolute Gasteiger partial charge is 0.573 e. The summed E-state index contributed by atoms with van der Waals surface area (Å²) in [5.41, 5.74) is 2.84. The number of carboxylic acids is 1. The summed E-state index contributed by atoms with van der Waals surface area (Å²) in [6.45, 7) is 5.68. The topological polar surface area (TPSA) is 66.8 Å². The molecule has 0 saturated heterocycles.